The van der Waals surface area contributed by atoms with Gasteiger partial charge in [-0.05, 0) is 52.9 Å². The summed E-state index contributed by atoms with van der Waals surface area (Å²) in [6.45, 7) is 4.36. The van der Waals surface area contributed by atoms with Crippen LogP contribution in [-0.2, 0) is 0 Å². The van der Waals surface area contributed by atoms with Gasteiger partial charge in [0.2, 0.25) is 0 Å². The molecule has 1 nitrogen and oxygen atoms in total. The second kappa shape index (κ2) is 5.25. The molecule has 0 bridgehead atoms. The topological polar surface area (TPSA) is 35.0 Å². The predicted octanol–water partition coefficient (Wildman–Crippen LogP) is 5.29. The summed E-state index contributed by atoms with van der Waals surface area (Å²) in [5.41, 5.74) is 5.35. The molecule has 0 unspecified atom stereocenters. The molecule has 0 amide bonds. The Bertz CT molecular complexity index is 714. The van der Waals surface area contributed by atoms with Gasteiger partial charge in [0.1, 0.15) is 0 Å². The van der Waals surface area contributed by atoms with Crippen molar-refractivity contribution < 1.29 is 0 Å². The van der Waals surface area contributed by atoms with E-state index >= 15 is 0 Å². The van der Waals surface area contributed by atoms with Crippen molar-refractivity contribution in [3.63, 3.8) is 0 Å². The van der Waals surface area contributed by atoms with Gasteiger partial charge in [-0.15, -0.1) is 0 Å². The molecular weight excluding hydrogens is 230 g/mol. The van der Waals surface area contributed by atoms with Gasteiger partial charge >= 0.3 is 0 Å². The highest BCUT2D eigenvalue weighted by molar-refractivity contribution is 5.87. The van der Waals surface area contributed by atoms with Crippen LogP contribution in [0.2, 0.25) is 0 Å². The first kappa shape index (κ1) is 13.3. The van der Waals surface area contributed by atoms with E-state index in [0.717, 1.165) is 0 Å². The molecule has 3 aromatic carbocycles. The zero-order valence-corrected chi connectivity index (χ0v) is 11.5. The molecule has 0 aliphatic heterocycles. The van der Waals surface area contributed by atoms with Crippen molar-refractivity contribution >= 4 is 10.8 Å². The predicted molar refractivity (Wildman–Crippen MR) is 83.9 cm³/mol. The summed E-state index contributed by atoms with van der Waals surface area (Å²) in [6, 6.07) is 21.7. The molecule has 0 fully saturated rings. The Morgan fingerprint density at radius 2 is 1.42 bits per heavy atom. The highest BCUT2D eigenvalue weighted by Crippen LogP contribution is 2.28. The van der Waals surface area contributed by atoms with Crippen molar-refractivity contribution in [3.05, 3.63) is 71.8 Å². The molecule has 3 N–H and O–H groups in total. The highest BCUT2D eigenvalue weighted by Gasteiger charge is 2.04. The Balaban J connectivity index is 0.00000133. The van der Waals surface area contributed by atoms with Crippen LogP contribution in [0.25, 0.3) is 21.9 Å². The largest absolute Gasteiger partial charge is 0.344 e. The lowest BCUT2D eigenvalue weighted by molar-refractivity contribution is 1.34. The third-order valence-electron chi connectivity index (χ3n) is 3.67. The van der Waals surface area contributed by atoms with Gasteiger partial charge in [0.05, 0.1) is 0 Å². The zero-order valence-electron chi connectivity index (χ0n) is 11.5. The summed E-state index contributed by atoms with van der Waals surface area (Å²) >= 11 is 0. The maximum Gasteiger partial charge on any atom is -0.0152 e. The number of hydrogen-bond acceptors (Lipinski definition) is 1. The van der Waals surface area contributed by atoms with Crippen molar-refractivity contribution in [1.29, 1.82) is 0 Å². The lowest BCUT2D eigenvalue weighted by Gasteiger charge is -2.09. The lowest BCUT2D eigenvalue weighted by atomic mass is 9.95. The van der Waals surface area contributed by atoms with Gasteiger partial charge < -0.3 is 6.15 Å². The van der Waals surface area contributed by atoms with Gasteiger partial charge in [-0.2, -0.15) is 0 Å². The molecule has 0 heterocycles. The second-order valence-electron chi connectivity index (χ2n) is 4.81. The molecule has 0 saturated heterocycles. The monoisotopic (exact) mass is 249 g/mol. The maximum atomic E-state index is 2.27. The van der Waals surface area contributed by atoms with E-state index < -0.39 is 0 Å². The van der Waals surface area contributed by atoms with Crippen LogP contribution < -0.4 is 6.15 Å². The minimum atomic E-state index is 0. The minimum absolute atomic E-state index is 0. The van der Waals surface area contributed by atoms with Crippen molar-refractivity contribution in [2.75, 3.05) is 0 Å². The van der Waals surface area contributed by atoms with Gasteiger partial charge in [-0.3, -0.25) is 0 Å². The molecule has 0 atom stereocenters. The molecule has 3 rings (SSSR count). The summed E-state index contributed by atoms with van der Waals surface area (Å²) in [7, 11) is 0. The molecular formula is C18H19N. The first-order chi connectivity index (χ1) is 8.75. The van der Waals surface area contributed by atoms with Crippen LogP contribution in [-0.4, -0.2) is 0 Å². The van der Waals surface area contributed by atoms with Crippen molar-refractivity contribution in [2.24, 2.45) is 0 Å². The second-order valence-corrected chi connectivity index (χ2v) is 4.81. The van der Waals surface area contributed by atoms with E-state index in [1.54, 1.807) is 0 Å². The third-order valence-corrected chi connectivity index (χ3v) is 3.67. The highest BCUT2D eigenvalue weighted by atomic mass is 14.1. The van der Waals surface area contributed by atoms with Crippen LogP contribution in [0.1, 0.15) is 11.1 Å². The van der Waals surface area contributed by atoms with E-state index in [1.807, 2.05) is 0 Å². The first-order valence-electron chi connectivity index (χ1n) is 6.31. The summed E-state index contributed by atoms with van der Waals surface area (Å²) in [6.07, 6.45) is 0. The molecule has 0 radical (unpaired) electrons. The van der Waals surface area contributed by atoms with E-state index in [-0.39, 0.29) is 6.15 Å². The Morgan fingerprint density at radius 1 is 0.684 bits per heavy atom. The quantitative estimate of drug-likeness (QED) is 0.625. The summed E-state index contributed by atoms with van der Waals surface area (Å²) < 4.78 is 0. The molecule has 0 saturated carbocycles. The van der Waals surface area contributed by atoms with Crippen LogP contribution >= 0.6 is 0 Å². The average molecular weight is 249 g/mol. The lowest BCUT2D eigenvalue weighted by Crippen LogP contribution is -1.86. The van der Waals surface area contributed by atoms with Gasteiger partial charge in [0.25, 0.3) is 0 Å². The fourth-order valence-corrected chi connectivity index (χ4v) is 2.42. The van der Waals surface area contributed by atoms with Gasteiger partial charge in [0, 0.05) is 0 Å². The standard InChI is InChI=1S/C18H16.H3N/c1-13-6-5-9-18(14(13)2)17-11-10-15-7-3-4-8-16(15)12-17;/h3-12H,1-2H3;1H3. The van der Waals surface area contributed by atoms with E-state index in [4.69, 9.17) is 0 Å². The smallest absolute Gasteiger partial charge is 0.0152 e. The van der Waals surface area contributed by atoms with E-state index in [0.29, 0.717) is 0 Å². The molecule has 0 aliphatic carbocycles. The first-order valence-corrected chi connectivity index (χ1v) is 6.31. The van der Waals surface area contributed by atoms with E-state index in [2.05, 4.69) is 74.5 Å². The Kier molecular flexibility index (Phi) is 3.68. The Hall–Kier alpha value is -2.12. The summed E-state index contributed by atoms with van der Waals surface area (Å²) in [4.78, 5) is 0. The minimum Gasteiger partial charge on any atom is -0.344 e. The number of rotatable bonds is 1. The number of benzene rings is 3. The van der Waals surface area contributed by atoms with Crippen LogP contribution in [0.5, 0.6) is 0 Å². The Labute approximate surface area is 114 Å². The normalized spacial score (nSPS) is 10.2. The van der Waals surface area contributed by atoms with Crippen LogP contribution in [0.4, 0.5) is 0 Å². The fourth-order valence-electron chi connectivity index (χ4n) is 2.42. The third kappa shape index (κ3) is 2.38. The number of fused-ring (bicyclic) bond motifs is 1. The SMILES string of the molecule is Cc1cccc(-c2ccc3ccccc3c2)c1C.N. The van der Waals surface area contributed by atoms with Crippen molar-refractivity contribution in [3.8, 4) is 11.1 Å². The van der Waals surface area contributed by atoms with Gasteiger partial charge in [0.15, 0.2) is 0 Å². The van der Waals surface area contributed by atoms with Crippen molar-refractivity contribution in [1.82, 2.24) is 6.15 Å². The van der Waals surface area contributed by atoms with E-state index in [1.165, 1.54) is 33.0 Å². The molecule has 0 spiro atoms. The van der Waals surface area contributed by atoms with E-state index in [9.17, 15) is 0 Å². The maximum absolute atomic E-state index is 2.27. The molecule has 96 valence electrons. The molecule has 1 heteroatoms. The van der Waals surface area contributed by atoms with Crippen LogP contribution in [0.3, 0.4) is 0 Å². The van der Waals surface area contributed by atoms with Gasteiger partial charge in [-0.1, -0.05) is 54.6 Å². The summed E-state index contributed by atoms with van der Waals surface area (Å²) in [5, 5.41) is 2.60. The fraction of sp³-hybridized carbons (Fsp3) is 0.111. The van der Waals surface area contributed by atoms with Crippen molar-refractivity contribution in [2.45, 2.75) is 13.8 Å². The van der Waals surface area contributed by atoms with Gasteiger partial charge in [-0.25, -0.2) is 0 Å². The molecule has 19 heavy (non-hydrogen) atoms. The molecule has 0 aliphatic rings. The number of hydrogen-bond donors (Lipinski definition) is 1. The van der Waals surface area contributed by atoms with Crippen LogP contribution in [0, 0.1) is 13.8 Å². The zero-order chi connectivity index (χ0) is 12.5. The summed E-state index contributed by atoms with van der Waals surface area (Å²) in [5.74, 6) is 0. The molecule has 3 aromatic rings. The molecule has 0 aromatic heterocycles. The Morgan fingerprint density at radius 3 is 2.21 bits per heavy atom. The number of aryl methyl sites for hydroxylation is 1. The van der Waals surface area contributed by atoms with Crippen LogP contribution in [0.15, 0.2) is 60.7 Å². The average Bonchev–Trinajstić information content (AvgIpc) is 2.41.